The molecule has 1 unspecified atom stereocenters. The molecule has 124 valence electrons. The van der Waals surface area contributed by atoms with Gasteiger partial charge < -0.3 is 10.4 Å². The molecule has 2 amide bonds. The molecule has 1 heterocycles. The summed E-state index contributed by atoms with van der Waals surface area (Å²) in [6, 6.07) is 1.73. The van der Waals surface area contributed by atoms with Crippen molar-refractivity contribution in [2.24, 2.45) is 0 Å². The highest BCUT2D eigenvalue weighted by Crippen LogP contribution is 2.26. The molecule has 1 aliphatic rings. The van der Waals surface area contributed by atoms with Gasteiger partial charge in [-0.1, -0.05) is 32.6 Å². The Morgan fingerprint density at radius 1 is 1.41 bits per heavy atom. The molecule has 0 saturated heterocycles. The fourth-order valence-corrected chi connectivity index (χ4v) is 2.91. The minimum atomic E-state index is -0.759. The van der Waals surface area contributed by atoms with E-state index in [1.165, 1.54) is 12.8 Å². The normalized spacial score (nSPS) is 19.2. The summed E-state index contributed by atoms with van der Waals surface area (Å²) < 4.78 is 1.81. The van der Waals surface area contributed by atoms with Gasteiger partial charge in [-0.3, -0.25) is 5.32 Å². The van der Waals surface area contributed by atoms with Crippen LogP contribution in [0.5, 0.6) is 0 Å². The molecule has 0 aliphatic heterocycles. The Bertz CT molecular complexity index is 478. The third-order valence-corrected chi connectivity index (χ3v) is 4.53. The Morgan fingerprint density at radius 2 is 2.09 bits per heavy atom. The van der Waals surface area contributed by atoms with E-state index in [0.29, 0.717) is 12.4 Å². The Balaban J connectivity index is 1.86. The first-order chi connectivity index (χ1) is 10.5. The third kappa shape index (κ3) is 4.47. The lowest BCUT2D eigenvalue weighted by Crippen LogP contribution is -2.44. The number of nitrogens with zero attached hydrogens (tertiary/aromatic N) is 2. The highest BCUT2D eigenvalue weighted by molar-refractivity contribution is 5.88. The second-order valence-corrected chi connectivity index (χ2v) is 6.36. The molecular formula is C16H28N4O2. The summed E-state index contributed by atoms with van der Waals surface area (Å²) in [5.41, 5.74) is -0.759. The topological polar surface area (TPSA) is 79.2 Å². The number of carbonyl (C=O) groups is 1. The van der Waals surface area contributed by atoms with Crippen molar-refractivity contribution in [3.05, 3.63) is 12.3 Å². The second-order valence-electron chi connectivity index (χ2n) is 6.36. The Labute approximate surface area is 132 Å². The lowest BCUT2D eigenvalue weighted by Gasteiger charge is -2.26. The zero-order chi connectivity index (χ0) is 16.0. The van der Waals surface area contributed by atoms with Gasteiger partial charge in [0, 0.05) is 12.6 Å². The molecular weight excluding hydrogens is 280 g/mol. The zero-order valence-corrected chi connectivity index (χ0v) is 13.6. The van der Waals surface area contributed by atoms with E-state index in [1.807, 2.05) is 0 Å². The number of rotatable bonds is 5. The highest BCUT2D eigenvalue weighted by Gasteiger charge is 2.28. The molecule has 0 aromatic carbocycles. The Kier molecular flexibility index (Phi) is 5.83. The van der Waals surface area contributed by atoms with E-state index in [1.54, 1.807) is 16.9 Å². The van der Waals surface area contributed by atoms with Gasteiger partial charge >= 0.3 is 6.03 Å². The van der Waals surface area contributed by atoms with E-state index in [2.05, 4.69) is 29.6 Å². The molecule has 6 nitrogen and oxygen atoms in total. The van der Waals surface area contributed by atoms with Crippen molar-refractivity contribution in [1.29, 1.82) is 0 Å². The number of nitrogens with one attached hydrogen (secondary N) is 2. The number of aromatic nitrogens is 2. The van der Waals surface area contributed by atoms with Crippen LogP contribution in [0.25, 0.3) is 0 Å². The first-order valence-electron chi connectivity index (χ1n) is 8.35. The fraction of sp³-hybridized carbons (Fsp3) is 0.750. The number of aliphatic hydroxyl groups is 1. The summed E-state index contributed by atoms with van der Waals surface area (Å²) in [5, 5.41) is 20.4. The molecule has 0 radical (unpaired) electrons. The standard InChI is InChI=1S/C16H28N4O2/c1-3-13(2)20-14(8-11-18-20)19-15(21)17-12-16(22)9-6-4-5-7-10-16/h8,11,13,22H,3-7,9-10,12H2,1-2H3,(H2,17,19,21). The maximum absolute atomic E-state index is 12.1. The molecule has 22 heavy (non-hydrogen) atoms. The zero-order valence-electron chi connectivity index (χ0n) is 13.6. The molecule has 0 spiro atoms. The lowest BCUT2D eigenvalue weighted by atomic mass is 9.95. The minimum absolute atomic E-state index is 0.233. The molecule has 6 heteroatoms. The summed E-state index contributed by atoms with van der Waals surface area (Å²) >= 11 is 0. The Morgan fingerprint density at radius 3 is 2.73 bits per heavy atom. The number of carbonyl (C=O) groups excluding carboxylic acids is 1. The smallest absolute Gasteiger partial charge is 0.320 e. The summed E-state index contributed by atoms with van der Waals surface area (Å²) in [6.07, 6.45) is 8.54. The monoisotopic (exact) mass is 308 g/mol. The van der Waals surface area contributed by atoms with E-state index in [9.17, 15) is 9.90 Å². The predicted octanol–water partition coefficient (Wildman–Crippen LogP) is 3.06. The molecule has 1 saturated carbocycles. The number of amides is 2. The highest BCUT2D eigenvalue weighted by atomic mass is 16.3. The minimum Gasteiger partial charge on any atom is -0.388 e. The molecule has 3 N–H and O–H groups in total. The van der Waals surface area contributed by atoms with Crippen LogP contribution < -0.4 is 10.6 Å². The average Bonchev–Trinajstić information content (AvgIpc) is 2.85. The van der Waals surface area contributed by atoms with Gasteiger partial charge in [0.05, 0.1) is 17.8 Å². The van der Waals surface area contributed by atoms with Crippen LogP contribution in [0.3, 0.4) is 0 Å². The SMILES string of the molecule is CCC(C)n1nccc1NC(=O)NCC1(O)CCCCCC1. The summed E-state index contributed by atoms with van der Waals surface area (Å²) in [7, 11) is 0. The second kappa shape index (κ2) is 7.63. The van der Waals surface area contributed by atoms with Crippen molar-refractivity contribution in [3.63, 3.8) is 0 Å². The quantitative estimate of drug-likeness (QED) is 0.731. The molecule has 2 rings (SSSR count). The van der Waals surface area contributed by atoms with Crippen molar-refractivity contribution in [3.8, 4) is 0 Å². The van der Waals surface area contributed by atoms with Gasteiger partial charge in [-0.05, 0) is 26.2 Å². The maximum Gasteiger partial charge on any atom is 0.320 e. The largest absolute Gasteiger partial charge is 0.388 e. The van der Waals surface area contributed by atoms with Gasteiger partial charge in [0.25, 0.3) is 0 Å². The molecule has 1 aliphatic carbocycles. The first-order valence-corrected chi connectivity index (χ1v) is 8.35. The van der Waals surface area contributed by atoms with Crippen LogP contribution in [-0.4, -0.2) is 33.1 Å². The predicted molar refractivity (Wildman–Crippen MR) is 86.9 cm³/mol. The van der Waals surface area contributed by atoms with Crippen LogP contribution >= 0.6 is 0 Å². The first kappa shape index (κ1) is 16.8. The van der Waals surface area contributed by atoms with Crippen molar-refractivity contribution < 1.29 is 9.90 Å². The van der Waals surface area contributed by atoms with Gasteiger partial charge in [-0.2, -0.15) is 5.10 Å². The number of hydrogen-bond acceptors (Lipinski definition) is 3. The van der Waals surface area contributed by atoms with Crippen LogP contribution in [0.1, 0.15) is 64.8 Å². The van der Waals surface area contributed by atoms with E-state index < -0.39 is 5.60 Å². The van der Waals surface area contributed by atoms with E-state index in [0.717, 1.165) is 32.1 Å². The molecule has 1 atom stereocenters. The summed E-state index contributed by atoms with van der Waals surface area (Å²) in [5.74, 6) is 0.680. The maximum atomic E-state index is 12.1. The van der Waals surface area contributed by atoms with Gasteiger partial charge in [-0.25, -0.2) is 9.48 Å². The van der Waals surface area contributed by atoms with Crippen molar-refractivity contribution in [2.75, 3.05) is 11.9 Å². The average molecular weight is 308 g/mol. The number of hydrogen-bond donors (Lipinski definition) is 3. The van der Waals surface area contributed by atoms with Crippen LogP contribution in [0.4, 0.5) is 10.6 Å². The van der Waals surface area contributed by atoms with Crippen LogP contribution in [-0.2, 0) is 0 Å². The van der Waals surface area contributed by atoms with Gasteiger partial charge in [-0.15, -0.1) is 0 Å². The van der Waals surface area contributed by atoms with Crippen LogP contribution in [0.2, 0.25) is 0 Å². The van der Waals surface area contributed by atoms with Crippen molar-refractivity contribution >= 4 is 11.8 Å². The lowest BCUT2D eigenvalue weighted by molar-refractivity contribution is 0.0281. The Hall–Kier alpha value is -1.56. The molecule has 0 bridgehead atoms. The third-order valence-electron chi connectivity index (χ3n) is 4.53. The van der Waals surface area contributed by atoms with Crippen molar-refractivity contribution in [2.45, 2.75) is 70.4 Å². The summed E-state index contributed by atoms with van der Waals surface area (Å²) in [6.45, 7) is 4.44. The molecule has 1 aromatic rings. The molecule has 1 fully saturated rings. The fourth-order valence-electron chi connectivity index (χ4n) is 2.91. The number of anilines is 1. The summed E-state index contributed by atoms with van der Waals surface area (Å²) in [4.78, 5) is 12.1. The van der Waals surface area contributed by atoms with Gasteiger partial charge in [0.2, 0.25) is 0 Å². The van der Waals surface area contributed by atoms with Crippen molar-refractivity contribution in [1.82, 2.24) is 15.1 Å². The van der Waals surface area contributed by atoms with Crippen LogP contribution in [0, 0.1) is 0 Å². The van der Waals surface area contributed by atoms with E-state index >= 15 is 0 Å². The van der Waals surface area contributed by atoms with E-state index in [-0.39, 0.29) is 12.1 Å². The van der Waals surface area contributed by atoms with Crippen LogP contribution in [0.15, 0.2) is 12.3 Å². The van der Waals surface area contributed by atoms with E-state index in [4.69, 9.17) is 0 Å². The van der Waals surface area contributed by atoms with Gasteiger partial charge in [0.15, 0.2) is 0 Å². The molecule has 1 aromatic heterocycles. The number of urea groups is 1. The van der Waals surface area contributed by atoms with Gasteiger partial charge in [0.1, 0.15) is 5.82 Å².